The number of alkyl halides is 4. The lowest BCUT2D eigenvalue weighted by molar-refractivity contribution is -0.155. The average Bonchev–Trinajstić information content (AvgIpc) is 3.35. The summed E-state index contributed by atoms with van der Waals surface area (Å²) in [6.07, 6.45) is 1.98. The maximum Gasteiger partial charge on any atom is 0.401 e. The highest BCUT2D eigenvalue weighted by Gasteiger charge is 2.41. The van der Waals surface area contributed by atoms with Crippen molar-refractivity contribution < 1.29 is 17.6 Å². The summed E-state index contributed by atoms with van der Waals surface area (Å²) in [5, 5.41) is 10.2. The van der Waals surface area contributed by atoms with Crippen LogP contribution >= 0.6 is 0 Å². The van der Waals surface area contributed by atoms with E-state index < -0.39 is 18.8 Å². The Morgan fingerprint density at radius 3 is 2.61 bits per heavy atom. The van der Waals surface area contributed by atoms with E-state index in [1.54, 1.807) is 18.6 Å². The highest BCUT2D eigenvalue weighted by Crippen LogP contribution is 2.40. The lowest BCUT2D eigenvalue weighted by atomic mass is 9.85. The van der Waals surface area contributed by atoms with Crippen molar-refractivity contribution in [2.75, 3.05) is 38.2 Å². The minimum atomic E-state index is -4.32. The number of nitrogens with one attached hydrogen (secondary N) is 2. The molecule has 192 valence electrons. The zero-order valence-electron chi connectivity index (χ0n) is 20.1. The predicted molar refractivity (Wildman–Crippen MR) is 130 cm³/mol. The number of fused-ring (bicyclic) bond motifs is 1. The van der Waals surface area contributed by atoms with Crippen LogP contribution in [0.1, 0.15) is 36.2 Å². The Balaban J connectivity index is 1.39. The van der Waals surface area contributed by atoms with Gasteiger partial charge in [-0.1, -0.05) is 18.2 Å². The number of aromatic amines is 1. The second-order valence-corrected chi connectivity index (χ2v) is 9.76. The molecule has 3 aromatic rings. The van der Waals surface area contributed by atoms with Crippen molar-refractivity contribution in [2.24, 2.45) is 0 Å². The van der Waals surface area contributed by atoms with Gasteiger partial charge in [-0.05, 0) is 48.6 Å². The number of halogens is 4. The van der Waals surface area contributed by atoms with Crippen LogP contribution in [-0.4, -0.2) is 76.1 Å². The molecule has 2 aromatic heterocycles. The molecule has 6 nitrogen and oxygen atoms in total. The monoisotopic (exact) mass is 502 g/mol. The summed E-state index contributed by atoms with van der Waals surface area (Å²) in [5.41, 5.74) is 5.21. The Bertz CT molecular complexity index is 1140. The summed E-state index contributed by atoms with van der Waals surface area (Å²) >= 11 is 0. The molecule has 2 aliphatic rings. The van der Waals surface area contributed by atoms with Gasteiger partial charge < -0.3 is 5.32 Å². The molecule has 0 spiro atoms. The number of pyridine rings is 1. The minimum Gasteiger partial charge on any atom is -0.378 e. The van der Waals surface area contributed by atoms with E-state index in [1.165, 1.54) is 4.90 Å². The van der Waals surface area contributed by atoms with Crippen LogP contribution in [0, 0.1) is 0 Å². The van der Waals surface area contributed by atoms with E-state index in [-0.39, 0.29) is 18.8 Å². The van der Waals surface area contributed by atoms with Gasteiger partial charge >= 0.3 is 6.18 Å². The SMILES string of the molecule is C[C@H]1Cc2cc(-c3cn[nH]c3)ccc2[C@H](c2ccc(NC3CN(CCCF)C3)cn2)N1CC(F)(F)F. The molecular weight excluding hydrogens is 472 g/mol. The Morgan fingerprint density at radius 2 is 1.94 bits per heavy atom. The first-order chi connectivity index (χ1) is 17.3. The zero-order chi connectivity index (χ0) is 25.3. The van der Waals surface area contributed by atoms with Gasteiger partial charge in [0, 0.05) is 37.4 Å². The van der Waals surface area contributed by atoms with Crippen molar-refractivity contribution in [2.45, 2.75) is 44.1 Å². The lowest BCUT2D eigenvalue weighted by Crippen LogP contribution is -2.54. The van der Waals surface area contributed by atoms with E-state index in [1.807, 2.05) is 31.2 Å². The van der Waals surface area contributed by atoms with Crippen molar-refractivity contribution in [3.8, 4) is 11.1 Å². The number of aromatic nitrogens is 3. The largest absolute Gasteiger partial charge is 0.401 e. The fraction of sp³-hybridized carbons (Fsp3) is 0.462. The van der Waals surface area contributed by atoms with Crippen LogP contribution < -0.4 is 5.32 Å². The lowest BCUT2D eigenvalue weighted by Gasteiger charge is -2.42. The number of benzene rings is 1. The number of nitrogens with zero attached hydrogens (tertiary/aromatic N) is 4. The molecule has 2 N–H and O–H groups in total. The summed E-state index contributed by atoms with van der Waals surface area (Å²) in [5.74, 6) is 0. The zero-order valence-corrected chi connectivity index (χ0v) is 20.1. The Hall–Kier alpha value is -2.98. The fourth-order valence-electron chi connectivity index (χ4n) is 5.30. The molecule has 1 aromatic carbocycles. The first-order valence-corrected chi connectivity index (χ1v) is 12.3. The third-order valence-electron chi connectivity index (χ3n) is 7.05. The summed E-state index contributed by atoms with van der Waals surface area (Å²) in [4.78, 5) is 8.31. The topological polar surface area (TPSA) is 60.1 Å². The van der Waals surface area contributed by atoms with Gasteiger partial charge in [0.2, 0.25) is 0 Å². The molecule has 0 unspecified atom stereocenters. The first kappa shape index (κ1) is 24.7. The van der Waals surface area contributed by atoms with Gasteiger partial charge in [-0.3, -0.25) is 24.3 Å². The molecule has 10 heteroatoms. The second kappa shape index (κ2) is 10.2. The van der Waals surface area contributed by atoms with E-state index in [9.17, 15) is 17.6 Å². The quantitative estimate of drug-likeness (QED) is 0.433. The predicted octanol–water partition coefficient (Wildman–Crippen LogP) is 4.83. The maximum absolute atomic E-state index is 13.6. The number of rotatable bonds is 8. The van der Waals surface area contributed by atoms with Crippen molar-refractivity contribution in [3.05, 3.63) is 65.7 Å². The highest BCUT2D eigenvalue weighted by atomic mass is 19.4. The van der Waals surface area contributed by atoms with Crippen molar-refractivity contribution >= 4 is 5.69 Å². The molecule has 1 fully saturated rings. The van der Waals surface area contributed by atoms with Crippen molar-refractivity contribution in [1.82, 2.24) is 25.0 Å². The molecule has 1 saturated heterocycles. The first-order valence-electron chi connectivity index (χ1n) is 12.3. The van der Waals surface area contributed by atoms with Gasteiger partial charge in [0.25, 0.3) is 0 Å². The summed E-state index contributed by atoms with van der Waals surface area (Å²) in [6, 6.07) is 8.96. The standard InChI is InChI=1S/C26H30F4N6/c1-17-9-19-10-18(20-11-32-33-12-20)3-5-23(19)25(36(17)16-26(28,29)30)24-6-4-21(13-31-24)34-22-14-35(15-22)8-2-7-27/h3-6,10-13,17,22,25,34H,2,7-9,14-16H2,1H3,(H,32,33)/t17-,25+/m0/s1. The van der Waals surface area contributed by atoms with E-state index >= 15 is 0 Å². The van der Waals surface area contributed by atoms with Gasteiger partial charge in [-0.2, -0.15) is 18.3 Å². The number of hydrogen-bond donors (Lipinski definition) is 2. The number of hydrogen-bond acceptors (Lipinski definition) is 5. The summed E-state index contributed by atoms with van der Waals surface area (Å²) in [7, 11) is 0. The van der Waals surface area contributed by atoms with Crippen LogP contribution in [0.25, 0.3) is 11.1 Å². The summed E-state index contributed by atoms with van der Waals surface area (Å²) in [6.45, 7) is 2.97. The normalized spacial score (nSPS) is 21.2. The molecule has 4 heterocycles. The molecule has 2 atom stereocenters. The molecule has 0 aliphatic carbocycles. The average molecular weight is 503 g/mol. The van der Waals surface area contributed by atoms with Crippen LogP contribution in [0.2, 0.25) is 0 Å². The Morgan fingerprint density at radius 1 is 1.11 bits per heavy atom. The van der Waals surface area contributed by atoms with E-state index in [2.05, 4.69) is 31.5 Å². The molecule has 0 bridgehead atoms. The smallest absolute Gasteiger partial charge is 0.378 e. The molecule has 36 heavy (non-hydrogen) atoms. The molecule has 2 aliphatic heterocycles. The van der Waals surface area contributed by atoms with Crippen LogP contribution in [0.5, 0.6) is 0 Å². The molecule has 0 amide bonds. The third-order valence-corrected chi connectivity index (χ3v) is 7.05. The Kier molecular flexibility index (Phi) is 6.98. The molecule has 5 rings (SSSR count). The van der Waals surface area contributed by atoms with Crippen LogP contribution in [0.4, 0.5) is 23.2 Å². The number of likely N-dealkylation sites (tertiary alicyclic amines) is 1. The van der Waals surface area contributed by atoms with Gasteiger partial charge in [0.1, 0.15) is 0 Å². The minimum absolute atomic E-state index is 0.260. The van der Waals surface area contributed by atoms with Crippen LogP contribution in [0.3, 0.4) is 0 Å². The third kappa shape index (κ3) is 5.39. The van der Waals surface area contributed by atoms with E-state index in [0.29, 0.717) is 18.5 Å². The van der Waals surface area contributed by atoms with Crippen molar-refractivity contribution in [3.63, 3.8) is 0 Å². The second-order valence-electron chi connectivity index (χ2n) is 9.76. The van der Waals surface area contributed by atoms with E-state index in [0.717, 1.165) is 47.6 Å². The fourth-order valence-corrected chi connectivity index (χ4v) is 5.30. The van der Waals surface area contributed by atoms with Gasteiger partial charge in [-0.25, -0.2) is 0 Å². The van der Waals surface area contributed by atoms with Crippen LogP contribution in [0.15, 0.2) is 48.9 Å². The Labute approximate surface area is 207 Å². The summed E-state index contributed by atoms with van der Waals surface area (Å²) < 4.78 is 53.1. The maximum atomic E-state index is 13.6. The number of anilines is 1. The van der Waals surface area contributed by atoms with Crippen LogP contribution in [-0.2, 0) is 6.42 Å². The van der Waals surface area contributed by atoms with E-state index in [4.69, 9.17) is 0 Å². The molecule has 0 saturated carbocycles. The highest BCUT2D eigenvalue weighted by molar-refractivity contribution is 5.64. The van der Waals surface area contributed by atoms with Crippen molar-refractivity contribution in [1.29, 1.82) is 0 Å². The van der Waals surface area contributed by atoms with Gasteiger partial charge in [0.05, 0.1) is 49.1 Å². The van der Waals surface area contributed by atoms with Gasteiger partial charge in [-0.15, -0.1) is 0 Å². The molecule has 0 radical (unpaired) electrons. The molecular formula is C26H30F4N6. The van der Waals surface area contributed by atoms with Gasteiger partial charge in [0.15, 0.2) is 0 Å². The number of H-pyrrole nitrogens is 1.